The van der Waals surface area contributed by atoms with E-state index in [1.54, 1.807) is 0 Å². The SMILES string of the molecule is [Cl][Al]([Cl])[Cl].[Co]. The van der Waals surface area contributed by atoms with E-state index < -0.39 is 11.4 Å². The molecule has 5 heavy (non-hydrogen) atoms. The van der Waals surface area contributed by atoms with Gasteiger partial charge in [0.15, 0.2) is 0 Å². The van der Waals surface area contributed by atoms with E-state index >= 15 is 0 Å². The van der Waals surface area contributed by atoms with Crippen LogP contribution in [0.25, 0.3) is 0 Å². The molecule has 0 aliphatic rings. The van der Waals surface area contributed by atoms with E-state index in [1.807, 2.05) is 0 Å². The minimum atomic E-state index is -1.72. The van der Waals surface area contributed by atoms with E-state index in [0.717, 1.165) is 0 Å². The molecule has 0 nitrogen and oxygen atoms in total. The maximum absolute atomic E-state index is 4.94. The van der Waals surface area contributed by atoms with Crippen LogP contribution in [-0.4, -0.2) is 11.4 Å². The molecule has 0 aliphatic carbocycles. The Morgan fingerprint density at radius 3 is 1.00 bits per heavy atom. The van der Waals surface area contributed by atoms with Crippen molar-refractivity contribution in [1.29, 1.82) is 0 Å². The molecule has 0 spiro atoms. The predicted octanol–water partition coefficient (Wildman–Crippen LogP) is 1.69. The molecule has 5 heteroatoms. The monoisotopic (exact) mass is 191 g/mol. The first-order chi connectivity index (χ1) is 1.73. The Labute approximate surface area is 58.0 Å². The second kappa shape index (κ2) is 5.91. The first kappa shape index (κ1) is 10.0. The number of hydrogen-bond acceptors (Lipinski definition) is 0. The summed E-state index contributed by atoms with van der Waals surface area (Å²) >= 11 is -1.72. The average Bonchev–Trinajstić information content (AvgIpc) is 0.811. The third-order valence-corrected chi connectivity index (χ3v) is 0. The number of halogens is 3. The van der Waals surface area contributed by atoms with Crippen LogP contribution in [0.2, 0.25) is 0 Å². The molecule has 33 valence electrons. The van der Waals surface area contributed by atoms with Crippen molar-refractivity contribution in [2.24, 2.45) is 0 Å². The van der Waals surface area contributed by atoms with Crippen LogP contribution in [0.3, 0.4) is 0 Å². The van der Waals surface area contributed by atoms with Crippen molar-refractivity contribution in [3.8, 4) is 0 Å². The molecule has 1 radical (unpaired) electrons. The standard InChI is InChI=1S/Al.3ClH.Co/h;3*1H;/q+3;;;;/p-3. The van der Waals surface area contributed by atoms with Crippen molar-refractivity contribution in [3.05, 3.63) is 0 Å². The van der Waals surface area contributed by atoms with E-state index in [2.05, 4.69) is 0 Å². The first-order valence-electron chi connectivity index (χ1n) is 0.655. The summed E-state index contributed by atoms with van der Waals surface area (Å²) in [6, 6.07) is 0. The fourth-order valence-electron chi connectivity index (χ4n) is 0. The maximum Gasteiger partial charge on any atom is 0.643 e. The van der Waals surface area contributed by atoms with Crippen molar-refractivity contribution in [2.75, 3.05) is 0 Å². The van der Waals surface area contributed by atoms with Gasteiger partial charge in [0.05, 0.1) is 0 Å². The first-order valence-corrected chi connectivity index (χ1v) is 5.89. The molecule has 0 fully saturated rings. The van der Waals surface area contributed by atoms with Crippen molar-refractivity contribution >= 4 is 41.5 Å². The molecule has 0 bridgehead atoms. The largest absolute Gasteiger partial charge is 0.643 e. The molecular weight excluding hydrogens is 192 g/mol. The van der Waals surface area contributed by atoms with Gasteiger partial charge in [-0.2, -0.15) is 0 Å². The van der Waals surface area contributed by atoms with Crippen LogP contribution in [0.4, 0.5) is 0 Å². The van der Waals surface area contributed by atoms with Crippen LogP contribution in [0, 0.1) is 0 Å². The maximum atomic E-state index is 4.94. The second-order valence-electron chi connectivity index (χ2n) is 0.247. The summed E-state index contributed by atoms with van der Waals surface area (Å²) in [5.74, 6) is 0. The van der Waals surface area contributed by atoms with Crippen molar-refractivity contribution in [2.45, 2.75) is 0 Å². The van der Waals surface area contributed by atoms with Crippen molar-refractivity contribution in [1.82, 2.24) is 0 Å². The summed E-state index contributed by atoms with van der Waals surface area (Å²) in [6.45, 7) is 0. The zero-order valence-electron chi connectivity index (χ0n) is 2.04. The smallest absolute Gasteiger partial charge is 0.214 e. The van der Waals surface area contributed by atoms with Crippen LogP contribution in [0.1, 0.15) is 0 Å². The molecule has 0 unspecified atom stereocenters. The van der Waals surface area contributed by atoms with Crippen LogP contribution in [-0.2, 0) is 16.8 Å². The molecule has 0 aromatic rings. The van der Waals surface area contributed by atoms with Gasteiger partial charge in [-0.15, -0.1) is 0 Å². The molecule has 0 aromatic heterocycles. The topological polar surface area (TPSA) is 0 Å². The fraction of sp³-hybridized carbons (Fsp3) is 0. The van der Waals surface area contributed by atoms with Gasteiger partial charge < -0.3 is 0 Å². The van der Waals surface area contributed by atoms with Crippen LogP contribution in [0.15, 0.2) is 0 Å². The quantitative estimate of drug-likeness (QED) is 0.512. The normalized spacial score (nSPS) is 5.40. The molecular formula is AlCl3Co. The summed E-state index contributed by atoms with van der Waals surface area (Å²) in [4.78, 5) is 0. The Bertz CT molecular complexity index is 11.6. The summed E-state index contributed by atoms with van der Waals surface area (Å²) < 4.78 is 0. The molecule has 0 rings (SSSR count). The Morgan fingerprint density at radius 1 is 1.00 bits per heavy atom. The third kappa shape index (κ3) is 24.8. The van der Waals surface area contributed by atoms with Crippen molar-refractivity contribution in [3.63, 3.8) is 0 Å². The van der Waals surface area contributed by atoms with Gasteiger partial charge in [-0.3, -0.25) is 0 Å². The van der Waals surface area contributed by atoms with Gasteiger partial charge in [0.1, 0.15) is 0 Å². The molecule has 0 atom stereocenters. The minimum absolute atomic E-state index is 0. The van der Waals surface area contributed by atoms with Gasteiger partial charge in [0, 0.05) is 16.8 Å². The van der Waals surface area contributed by atoms with Crippen molar-refractivity contribution < 1.29 is 16.8 Å². The molecule has 0 saturated carbocycles. The van der Waals surface area contributed by atoms with Gasteiger partial charge >= 0.3 is 11.4 Å². The van der Waals surface area contributed by atoms with E-state index in [9.17, 15) is 0 Å². The molecule has 0 N–H and O–H groups in total. The van der Waals surface area contributed by atoms with E-state index in [1.165, 1.54) is 0 Å². The Morgan fingerprint density at radius 2 is 1.00 bits per heavy atom. The Kier molecular flexibility index (Phi) is 11.8. The van der Waals surface area contributed by atoms with E-state index in [-0.39, 0.29) is 16.8 Å². The summed E-state index contributed by atoms with van der Waals surface area (Å²) in [6.07, 6.45) is 0. The van der Waals surface area contributed by atoms with Gasteiger partial charge in [-0.1, -0.05) is 0 Å². The summed E-state index contributed by atoms with van der Waals surface area (Å²) in [5, 5.41) is 0. The third-order valence-electron chi connectivity index (χ3n) is 0. The van der Waals surface area contributed by atoms with Crippen LogP contribution in [0.5, 0.6) is 0 Å². The predicted molar refractivity (Wildman–Crippen MR) is 23.3 cm³/mol. The molecule has 0 aliphatic heterocycles. The van der Waals surface area contributed by atoms with Gasteiger partial charge in [-0.25, -0.2) is 30.1 Å². The van der Waals surface area contributed by atoms with Gasteiger partial charge in [-0.05, 0) is 0 Å². The van der Waals surface area contributed by atoms with E-state index in [0.29, 0.717) is 0 Å². The Hall–Kier alpha value is 1.91. The van der Waals surface area contributed by atoms with Crippen LogP contribution >= 0.6 is 30.1 Å². The van der Waals surface area contributed by atoms with Gasteiger partial charge in [0.2, 0.25) is 0 Å². The zero-order valence-corrected chi connectivity index (χ0v) is 6.51. The van der Waals surface area contributed by atoms with E-state index in [4.69, 9.17) is 30.1 Å². The zero-order chi connectivity index (χ0) is 3.58. The minimum Gasteiger partial charge on any atom is -0.214 e. The molecule has 0 heterocycles. The Balaban J connectivity index is 0. The molecule has 0 amide bonds. The number of hydrogen-bond donors (Lipinski definition) is 0. The van der Waals surface area contributed by atoms with Crippen LogP contribution < -0.4 is 0 Å². The molecule has 0 saturated heterocycles. The summed E-state index contributed by atoms with van der Waals surface area (Å²) in [5.41, 5.74) is 0. The van der Waals surface area contributed by atoms with Gasteiger partial charge in [0.25, 0.3) is 0 Å². The molecule has 0 aromatic carbocycles. The fourth-order valence-corrected chi connectivity index (χ4v) is 0. The number of rotatable bonds is 0. The second-order valence-corrected chi connectivity index (χ2v) is 6.68. The summed E-state index contributed by atoms with van der Waals surface area (Å²) in [7, 11) is 14.8. The average molecular weight is 192 g/mol.